The molecule has 43 heavy (non-hydrogen) atoms. The molecule has 3 atom stereocenters. The van der Waals surface area contributed by atoms with Gasteiger partial charge in [-0.3, -0.25) is 4.79 Å². The van der Waals surface area contributed by atoms with Crippen LogP contribution in [0.15, 0.2) is 130 Å². The molecular weight excluding hydrogens is 528 g/mol. The smallest absolute Gasteiger partial charge is 0.187 e. The monoisotopic (exact) mass is 582 g/mol. The molecule has 0 aromatic rings. The fourth-order valence-electron chi connectivity index (χ4n) is 5.89. The van der Waals surface area contributed by atoms with E-state index in [1.165, 1.54) is 16.7 Å². The Balaban J connectivity index is 1.92. The van der Waals surface area contributed by atoms with Crippen LogP contribution in [0.1, 0.15) is 82.1 Å². The molecule has 0 amide bonds. The summed E-state index contributed by atoms with van der Waals surface area (Å²) in [5.41, 5.74) is 7.29. The SMILES string of the molecule is CC(C=CC1C(C)=CC(O)CC1(C)C)=CC=CC(C)=C/C=C/C=C(C)/C=C/C=C(C)/C=C/C1=C(C)C(=O)C(O)CC1(C)C. The first-order valence-electron chi connectivity index (χ1n) is 15.4. The second-order valence-electron chi connectivity index (χ2n) is 13.6. The van der Waals surface area contributed by atoms with Crippen LogP contribution in [0.4, 0.5) is 0 Å². The topological polar surface area (TPSA) is 57.5 Å². The molecule has 0 bridgehead atoms. The molecule has 3 unspecified atom stereocenters. The Morgan fingerprint density at radius 1 is 0.744 bits per heavy atom. The van der Waals surface area contributed by atoms with Crippen LogP contribution in [0.5, 0.6) is 0 Å². The summed E-state index contributed by atoms with van der Waals surface area (Å²) in [5, 5.41) is 20.1. The highest BCUT2D eigenvalue weighted by Gasteiger charge is 2.36. The Bertz CT molecular complexity index is 1360. The molecule has 0 spiro atoms. The van der Waals surface area contributed by atoms with Crippen LogP contribution in [0.3, 0.4) is 0 Å². The molecule has 2 N–H and O–H groups in total. The molecule has 2 aliphatic carbocycles. The lowest BCUT2D eigenvalue weighted by atomic mass is 9.67. The van der Waals surface area contributed by atoms with E-state index >= 15 is 0 Å². The van der Waals surface area contributed by atoms with Gasteiger partial charge < -0.3 is 10.2 Å². The minimum atomic E-state index is -0.898. The predicted molar refractivity (Wildman–Crippen MR) is 184 cm³/mol. The van der Waals surface area contributed by atoms with E-state index in [1.807, 2.05) is 50.3 Å². The molecule has 3 nitrogen and oxygen atoms in total. The van der Waals surface area contributed by atoms with E-state index in [1.54, 1.807) is 0 Å². The molecule has 0 aliphatic heterocycles. The lowest BCUT2D eigenvalue weighted by molar-refractivity contribution is -0.125. The molecule has 0 fully saturated rings. The first-order valence-corrected chi connectivity index (χ1v) is 15.4. The minimum Gasteiger partial charge on any atom is -0.389 e. The zero-order valence-electron chi connectivity index (χ0n) is 28.1. The van der Waals surface area contributed by atoms with Gasteiger partial charge in [0.2, 0.25) is 0 Å². The maximum Gasteiger partial charge on any atom is 0.187 e. The van der Waals surface area contributed by atoms with Crippen molar-refractivity contribution in [1.29, 1.82) is 0 Å². The molecular formula is C40H54O3. The van der Waals surface area contributed by atoms with E-state index in [-0.39, 0.29) is 22.7 Å². The van der Waals surface area contributed by atoms with Crippen molar-refractivity contribution in [1.82, 2.24) is 0 Å². The van der Waals surface area contributed by atoms with Crippen molar-refractivity contribution in [2.24, 2.45) is 16.7 Å². The molecule has 0 saturated heterocycles. The number of Topliss-reactive ketones (excluding diaryl/α,β-unsaturated/α-hetero) is 1. The van der Waals surface area contributed by atoms with Crippen molar-refractivity contribution in [3.8, 4) is 0 Å². The zero-order valence-corrected chi connectivity index (χ0v) is 28.1. The Kier molecular flexibility index (Phi) is 13.4. The summed E-state index contributed by atoms with van der Waals surface area (Å²) in [7, 11) is 0. The molecule has 0 aromatic carbocycles. The second kappa shape index (κ2) is 16.0. The van der Waals surface area contributed by atoms with Gasteiger partial charge in [-0.2, -0.15) is 0 Å². The fourth-order valence-corrected chi connectivity index (χ4v) is 5.89. The van der Waals surface area contributed by atoms with Crippen molar-refractivity contribution in [2.75, 3.05) is 0 Å². The van der Waals surface area contributed by atoms with Crippen LogP contribution in [0.2, 0.25) is 0 Å². The average Bonchev–Trinajstić information content (AvgIpc) is 2.88. The summed E-state index contributed by atoms with van der Waals surface area (Å²) in [4.78, 5) is 12.2. The minimum absolute atomic E-state index is 0.0473. The number of aliphatic hydroxyl groups excluding tert-OH is 2. The van der Waals surface area contributed by atoms with E-state index < -0.39 is 6.10 Å². The van der Waals surface area contributed by atoms with Crippen LogP contribution < -0.4 is 0 Å². The predicted octanol–water partition coefficient (Wildman–Crippen LogP) is 9.58. The average molecular weight is 583 g/mol. The number of hydrogen-bond acceptors (Lipinski definition) is 3. The molecule has 0 heterocycles. The number of carbonyl (C=O) groups excluding carboxylic acids is 1. The van der Waals surface area contributed by atoms with E-state index in [9.17, 15) is 15.0 Å². The van der Waals surface area contributed by atoms with Gasteiger partial charge in [0.05, 0.1) is 6.10 Å². The highest BCUT2D eigenvalue weighted by molar-refractivity contribution is 6.00. The zero-order chi connectivity index (χ0) is 32.4. The van der Waals surface area contributed by atoms with Crippen LogP contribution in [0, 0.1) is 16.7 Å². The third-order valence-corrected chi connectivity index (χ3v) is 8.36. The number of rotatable bonds is 10. The summed E-state index contributed by atoms with van der Waals surface area (Å²) in [6.07, 6.45) is 31.2. The highest BCUT2D eigenvalue weighted by Crippen LogP contribution is 2.42. The quantitative estimate of drug-likeness (QED) is 0.199. The van der Waals surface area contributed by atoms with Crippen LogP contribution in [0.25, 0.3) is 0 Å². The molecule has 0 saturated carbocycles. The van der Waals surface area contributed by atoms with Crippen molar-refractivity contribution in [3.63, 3.8) is 0 Å². The van der Waals surface area contributed by atoms with Crippen molar-refractivity contribution in [3.05, 3.63) is 130 Å². The lowest BCUT2D eigenvalue weighted by Gasteiger charge is -2.38. The normalized spacial score (nSPS) is 26.3. The summed E-state index contributed by atoms with van der Waals surface area (Å²) >= 11 is 0. The largest absolute Gasteiger partial charge is 0.389 e. The number of hydrogen-bond donors (Lipinski definition) is 2. The van der Waals surface area contributed by atoms with Gasteiger partial charge in [-0.25, -0.2) is 0 Å². The standard InChI is InChI=1S/C40H54O3/c1-28(17-13-19-30(3)21-23-35-32(5)25-34(41)26-39(35,7)8)15-11-12-16-29(2)18-14-20-31(4)22-24-36-33(6)38(43)37(42)27-40(36,9)10/h11-25,34-35,37,41-42H,26-27H2,1-10H3/b12-11+,17-13?,18-14+,23-21?,24-22+,28-15?,29-16+,30-19?,31-20+. The number of allylic oxidation sites excluding steroid dienone is 20. The first-order chi connectivity index (χ1) is 20.0. The second-order valence-corrected chi connectivity index (χ2v) is 13.6. The third-order valence-electron chi connectivity index (χ3n) is 8.36. The van der Waals surface area contributed by atoms with Gasteiger partial charge in [-0.1, -0.05) is 147 Å². The Hall–Kier alpha value is -3.27. The first kappa shape index (κ1) is 35.9. The van der Waals surface area contributed by atoms with Gasteiger partial charge in [-0.15, -0.1) is 0 Å². The van der Waals surface area contributed by atoms with Gasteiger partial charge in [0.1, 0.15) is 6.10 Å². The Morgan fingerprint density at radius 2 is 1.23 bits per heavy atom. The van der Waals surface area contributed by atoms with Crippen molar-refractivity contribution >= 4 is 5.78 Å². The summed E-state index contributed by atoms with van der Waals surface area (Å²) in [6, 6.07) is 0. The maximum atomic E-state index is 12.2. The van der Waals surface area contributed by atoms with Gasteiger partial charge >= 0.3 is 0 Å². The lowest BCUT2D eigenvalue weighted by Crippen LogP contribution is -2.35. The van der Waals surface area contributed by atoms with E-state index in [4.69, 9.17) is 0 Å². The van der Waals surface area contributed by atoms with Crippen LogP contribution in [-0.2, 0) is 4.79 Å². The molecule has 2 aliphatic rings. The Morgan fingerprint density at radius 3 is 1.77 bits per heavy atom. The maximum absolute atomic E-state index is 12.2. The highest BCUT2D eigenvalue weighted by atomic mass is 16.3. The molecule has 3 heteroatoms. The van der Waals surface area contributed by atoms with Gasteiger partial charge in [0.25, 0.3) is 0 Å². The van der Waals surface area contributed by atoms with Crippen molar-refractivity contribution < 1.29 is 15.0 Å². The van der Waals surface area contributed by atoms with Gasteiger partial charge in [0.15, 0.2) is 5.78 Å². The van der Waals surface area contributed by atoms with E-state index in [0.717, 1.165) is 23.1 Å². The number of aliphatic hydroxyl groups is 2. The Labute approximate surface area is 261 Å². The third kappa shape index (κ3) is 11.4. The summed E-state index contributed by atoms with van der Waals surface area (Å²) in [6.45, 7) is 20.8. The van der Waals surface area contributed by atoms with Crippen LogP contribution in [-0.4, -0.2) is 28.2 Å². The molecule has 0 aromatic heterocycles. The summed E-state index contributed by atoms with van der Waals surface area (Å²) < 4.78 is 0. The number of ketones is 1. The fraction of sp³-hybridized carbons (Fsp3) is 0.425. The summed E-state index contributed by atoms with van der Waals surface area (Å²) in [5.74, 6) is 0.171. The van der Waals surface area contributed by atoms with Crippen LogP contribution >= 0.6 is 0 Å². The van der Waals surface area contributed by atoms with Gasteiger partial charge in [0, 0.05) is 5.92 Å². The van der Waals surface area contributed by atoms with E-state index in [2.05, 4.69) is 110 Å². The van der Waals surface area contributed by atoms with Gasteiger partial charge in [-0.05, 0) is 76.4 Å². The molecule has 0 radical (unpaired) electrons. The molecule has 2 rings (SSSR count). The number of carbonyl (C=O) groups is 1. The molecule has 232 valence electrons. The van der Waals surface area contributed by atoms with Crippen molar-refractivity contribution in [2.45, 2.75) is 94.3 Å². The van der Waals surface area contributed by atoms with E-state index in [0.29, 0.717) is 17.9 Å².